The van der Waals surface area contributed by atoms with Gasteiger partial charge in [0, 0.05) is 11.8 Å². The summed E-state index contributed by atoms with van der Waals surface area (Å²) in [7, 11) is 2.31. The minimum absolute atomic E-state index is 0.0850. The summed E-state index contributed by atoms with van der Waals surface area (Å²) in [6.45, 7) is 14.6. The smallest absolute Gasteiger partial charge is 0.230 e. The van der Waals surface area contributed by atoms with Crippen molar-refractivity contribution >= 4 is 0 Å². The highest BCUT2D eigenvalue weighted by Crippen LogP contribution is 2.50. The van der Waals surface area contributed by atoms with Crippen LogP contribution in [-0.2, 0) is 24.4 Å². The van der Waals surface area contributed by atoms with E-state index < -0.39 is 0 Å². The molecule has 4 atom stereocenters. The van der Waals surface area contributed by atoms with Gasteiger partial charge in [0.2, 0.25) is 0 Å². The number of unbranched alkanes of at least 4 members (excludes halogenated alkanes) is 1. The summed E-state index contributed by atoms with van der Waals surface area (Å²) >= 11 is 0. The fraction of sp³-hybridized carbons (Fsp3) is 0.690. The van der Waals surface area contributed by atoms with Gasteiger partial charge in [-0.2, -0.15) is 0 Å². The Bertz CT molecular complexity index is 940. The molecule has 0 radical (unpaired) electrons. The van der Waals surface area contributed by atoms with E-state index in [0.717, 1.165) is 18.8 Å². The van der Waals surface area contributed by atoms with Crippen molar-refractivity contribution in [1.29, 1.82) is 0 Å². The van der Waals surface area contributed by atoms with Crippen molar-refractivity contribution in [2.75, 3.05) is 0 Å². The van der Waals surface area contributed by atoms with Crippen molar-refractivity contribution in [1.82, 2.24) is 4.57 Å². The van der Waals surface area contributed by atoms with Crippen LogP contribution in [0.25, 0.3) is 11.4 Å². The molecular weight excluding hydrogens is 376 g/mol. The second kappa shape index (κ2) is 8.09. The maximum Gasteiger partial charge on any atom is 0.289 e. The second-order valence-electron chi connectivity index (χ2n) is 11.5. The maximum atomic E-state index is 2.67. The van der Waals surface area contributed by atoms with Gasteiger partial charge in [0.25, 0.3) is 5.82 Å². The zero-order valence-electron chi connectivity index (χ0n) is 21.2. The summed E-state index contributed by atoms with van der Waals surface area (Å²) in [5.74, 6) is 2.35. The monoisotopic (exact) mass is 421 g/mol. The molecule has 31 heavy (non-hydrogen) atoms. The van der Waals surface area contributed by atoms with Crippen molar-refractivity contribution in [2.45, 2.75) is 110 Å². The average Bonchev–Trinajstić information content (AvgIpc) is 3.30. The first-order valence-electron chi connectivity index (χ1n) is 12.9. The molecule has 2 heterocycles. The first-order valence-corrected chi connectivity index (χ1v) is 12.9. The molecule has 2 aromatic rings. The van der Waals surface area contributed by atoms with E-state index in [1.807, 2.05) is 0 Å². The van der Waals surface area contributed by atoms with Gasteiger partial charge in [-0.1, -0.05) is 72.1 Å². The second-order valence-corrected chi connectivity index (χ2v) is 11.5. The molecule has 0 saturated heterocycles. The van der Waals surface area contributed by atoms with Gasteiger partial charge in [-0.05, 0) is 62.0 Å². The van der Waals surface area contributed by atoms with Crippen molar-refractivity contribution < 1.29 is 4.57 Å². The Morgan fingerprint density at radius 1 is 1.06 bits per heavy atom. The third kappa shape index (κ3) is 3.40. The predicted octanol–water partition coefficient (Wildman–Crippen LogP) is 7.33. The van der Waals surface area contributed by atoms with Gasteiger partial charge >= 0.3 is 0 Å². The molecule has 2 nitrogen and oxygen atoms in total. The molecule has 0 amide bonds. The van der Waals surface area contributed by atoms with E-state index in [-0.39, 0.29) is 11.0 Å². The molecule has 2 aliphatic rings. The van der Waals surface area contributed by atoms with E-state index in [9.17, 15) is 0 Å². The molecule has 0 bridgehead atoms. The van der Waals surface area contributed by atoms with Crippen LogP contribution < -0.4 is 4.57 Å². The van der Waals surface area contributed by atoms with Crippen LogP contribution in [0, 0.1) is 11.3 Å². The molecule has 0 N–H and O–H groups in total. The lowest BCUT2D eigenvalue weighted by Crippen LogP contribution is -2.67. The molecule has 1 fully saturated rings. The third-order valence-corrected chi connectivity index (χ3v) is 9.64. The van der Waals surface area contributed by atoms with Crippen molar-refractivity contribution in [3.05, 3.63) is 41.7 Å². The summed E-state index contributed by atoms with van der Waals surface area (Å²) in [5.41, 5.74) is 5.15. The Balaban J connectivity index is 1.76. The minimum Gasteiger partial charge on any atom is -0.230 e. The number of hydrogen-bond acceptors (Lipinski definition) is 0. The number of rotatable bonds is 7. The molecule has 1 saturated carbocycles. The predicted molar refractivity (Wildman–Crippen MR) is 131 cm³/mol. The largest absolute Gasteiger partial charge is 0.289 e. The zero-order chi connectivity index (χ0) is 22.4. The van der Waals surface area contributed by atoms with Crippen LogP contribution in [0.1, 0.15) is 104 Å². The molecule has 0 spiro atoms. The highest BCUT2D eigenvalue weighted by molar-refractivity contribution is 5.63. The highest BCUT2D eigenvalue weighted by atomic mass is 15.2. The third-order valence-electron chi connectivity index (χ3n) is 9.64. The number of hydrogen-bond donors (Lipinski definition) is 0. The lowest BCUT2D eigenvalue weighted by Gasteiger charge is -2.47. The van der Waals surface area contributed by atoms with Crippen LogP contribution in [-0.4, -0.2) is 4.57 Å². The summed E-state index contributed by atoms with van der Waals surface area (Å²) in [4.78, 5) is 0. The van der Waals surface area contributed by atoms with Crippen LogP contribution in [0.15, 0.2) is 30.5 Å². The molecule has 1 aliphatic carbocycles. The standard InChI is InChI=1S/C29H45N2/c1-8-11-14-22-17-18-27(4,19-22)20-23-21-31-26(30(23)7)24-15-12-13-16-25(24)28(5,9-2)29(31,6)10-3/h12-13,15-16,21-22H,8-11,14,17-20H2,1-7H3/q+1. The summed E-state index contributed by atoms with van der Waals surface area (Å²) in [6, 6.07) is 9.20. The molecule has 4 rings (SSSR count). The van der Waals surface area contributed by atoms with E-state index >= 15 is 0 Å². The molecule has 1 aliphatic heterocycles. The Hall–Kier alpha value is -1.57. The van der Waals surface area contributed by atoms with E-state index in [0.29, 0.717) is 5.41 Å². The fourth-order valence-corrected chi connectivity index (χ4v) is 7.08. The number of imidazole rings is 1. The van der Waals surface area contributed by atoms with Crippen molar-refractivity contribution in [3.8, 4) is 11.4 Å². The molecule has 2 heteroatoms. The van der Waals surface area contributed by atoms with Gasteiger partial charge in [-0.15, -0.1) is 0 Å². The average molecular weight is 422 g/mol. The number of fused-ring (bicyclic) bond motifs is 3. The van der Waals surface area contributed by atoms with E-state index in [1.165, 1.54) is 67.6 Å². The molecule has 170 valence electrons. The lowest BCUT2D eigenvalue weighted by atomic mass is 9.61. The van der Waals surface area contributed by atoms with Crippen molar-refractivity contribution in [2.24, 2.45) is 18.4 Å². The zero-order valence-corrected chi connectivity index (χ0v) is 21.2. The van der Waals surface area contributed by atoms with Gasteiger partial charge in [0.05, 0.1) is 12.6 Å². The van der Waals surface area contributed by atoms with Crippen LogP contribution in [0.4, 0.5) is 0 Å². The Labute approximate surface area is 191 Å². The maximum absolute atomic E-state index is 2.67. The molecule has 4 unspecified atom stereocenters. The molecular formula is C29H45N2+. The minimum atomic E-state index is 0.0850. The van der Waals surface area contributed by atoms with Crippen LogP contribution in [0.5, 0.6) is 0 Å². The quantitative estimate of drug-likeness (QED) is 0.414. The van der Waals surface area contributed by atoms with Gasteiger partial charge in [0.1, 0.15) is 17.4 Å². The summed E-state index contributed by atoms with van der Waals surface area (Å²) in [5, 5.41) is 0. The van der Waals surface area contributed by atoms with Crippen LogP contribution in [0.3, 0.4) is 0 Å². The lowest BCUT2D eigenvalue weighted by molar-refractivity contribution is -0.764. The van der Waals surface area contributed by atoms with E-state index in [4.69, 9.17) is 0 Å². The number of nitrogens with zero attached hydrogens (tertiary/aromatic N) is 2. The Morgan fingerprint density at radius 2 is 1.81 bits per heavy atom. The Kier molecular flexibility index (Phi) is 5.90. The van der Waals surface area contributed by atoms with Gasteiger partial charge in [-0.25, -0.2) is 9.13 Å². The van der Waals surface area contributed by atoms with Crippen LogP contribution in [0.2, 0.25) is 0 Å². The van der Waals surface area contributed by atoms with E-state index in [1.54, 1.807) is 0 Å². The summed E-state index contributed by atoms with van der Waals surface area (Å²) in [6.07, 6.45) is 14.4. The van der Waals surface area contributed by atoms with Gasteiger partial charge < -0.3 is 0 Å². The topological polar surface area (TPSA) is 8.81 Å². The first-order chi connectivity index (χ1) is 14.7. The first kappa shape index (κ1) is 22.6. The fourth-order valence-electron chi connectivity index (χ4n) is 7.08. The number of aromatic nitrogens is 2. The summed E-state index contributed by atoms with van der Waals surface area (Å²) < 4.78 is 5.20. The van der Waals surface area contributed by atoms with E-state index in [2.05, 4.69) is 88.2 Å². The number of benzene rings is 1. The molecule has 1 aromatic carbocycles. The van der Waals surface area contributed by atoms with Crippen molar-refractivity contribution in [3.63, 3.8) is 0 Å². The van der Waals surface area contributed by atoms with Gasteiger partial charge in [0.15, 0.2) is 0 Å². The normalized spacial score (nSPS) is 32.2. The van der Waals surface area contributed by atoms with Crippen LogP contribution >= 0.6 is 0 Å². The SMILES string of the molecule is CCCCC1CCC(C)(Cc2c[n+]3c(n2C)-c2ccccc2C(C)(CC)C3(C)CC)C1. The Morgan fingerprint density at radius 3 is 2.48 bits per heavy atom. The molecule has 1 aromatic heterocycles. The van der Waals surface area contributed by atoms with Gasteiger partial charge in [-0.3, -0.25) is 0 Å². The highest BCUT2D eigenvalue weighted by Gasteiger charge is 2.55.